The van der Waals surface area contributed by atoms with Gasteiger partial charge in [-0.05, 0) is 17.7 Å². The Morgan fingerprint density at radius 2 is 1.00 bits per heavy atom. The Bertz CT molecular complexity index is 1700. The Morgan fingerprint density at radius 1 is 0.580 bits per heavy atom. The van der Waals surface area contributed by atoms with Crippen LogP contribution in [-0.4, -0.2) is 58.3 Å². The number of carbonyl (C=O) groups is 2. The van der Waals surface area contributed by atoms with Crippen LogP contribution in [0.4, 0.5) is 26.3 Å². The molecule has 4 aromatic carbocycles. The van der Waals surface area contributed by atoms with Gasteiger partial charge in [0.05, 0.1) is 7.11 Å². The third-order valence-corrected chi connectivity index (χ3v) is 7.77. The van der Waals surface area contributed by atoms with Crippen LogP contribution in [0.1, 0.15) is 22.8 Å². The first-order valence-electron chi connectivity index (χ1n) is 14.8. The van der Waals surface area contributed by atoms with Crippen LogP contribution in [0, 0.1) is 0 Å². The molecule has 0 aliphatic rings. The van der Waals surface area contributed by atoms with Crippen molar-refractivity contribution in [2.75, 3.05) is 27.9 Å². The van der Waals surface area contributed by atoms with Crippen molar-refractivity contribution in [3.8, 4) is 11.5 Å². The second-order valence-electron chi connectivity index (χ2n) is 10.6. The van der Waals surface area contributed by atoms with Crippen LogP contribution in [0.2, 0.25) is 0 Å². The van der Waals surface area contributed by atoms with Gasteiger partial charge >= 0.3 is 24.3 Å². The van der Waals surface area contributed by atoms with Crippen molar-refractivity contribution in [1.29, 1.82) is 0 Å². The minimum absolute atomic E-state index is 0.0360. The smallest absolute Gasteiger partial charge is 0.432 e. The molecule has 0 aliphatic carbocycles. The van der Waals surface area contributed by atoms with Gasteiger partial charge in [0, 0.05) is 25.3 Å². The summed E-state index contributed by atoms with van der Waals surface area (Å²) in [6.07, 6.45) is -14.3. The molecule has 0 bridgehead atoms. The van der Waals surface area contributed by atoms with Gasteiger partial charge in [-0.25, -0.2) is 9.59 Å². The average molecular weight is 707 g/mol. The fraction of sp³-hybridized carbons (Fsp3) is 0.278. The van der Waals surface area contributed by atoms with Gasteiger partial charge in [0.25, 0.3) is 11.2 Å². The molecular formula is C36H32F6O8. The van der Waals surface area contributed by atoms with E-state index in [4.69, 9.17) is 28.4 Å². The van der Waals surface area contributed by atoms with Gasteiger partial charge in [0.2, 0.25) is 0 Å². The fourth-order valence-corrected chi connectivity index (χ4v) is 5.30. The number of para-hydroxylation sites is 2. The molecule has 4 atom stereocenters. The minimum atomic E-state index is -5.37. The van der Waals surface area contributed by atoms with Gasteiger partial charge in [0.1, 0.15) is 6.61 Å². The van der Waals surface area contributed by atoms with E-state index in [1.165, 1.54) is 86.0 Å². The molecule has 0 spiro atoms. The lowest BCUT2D eigenvalue weighted by molar-refractivity contribution is -0.280. The van der Waals surface area contributed by atoms with Crippen LogP contribution in [0.25, 0.3) is 0 Å². The summed E-state index contributed by atoms with van der Waals surface area (Å²) in [7, 11) is 2.64. The number of ether oxygens (including phenoxy) is 6. The van der Waals surface area contributed by atoms with E-state index in [9.17, 15) is 35.9 Å². The SMILES string of the molecule is COc1ccccc1O[C@H](COC(=O)C(OC)(c1ccccc1)C(F)(F)F)[C@@H](OC(=O)C(OC)(c1ccccc1)C(F)(F)F)c1ccccc1. The molecule has 14 heteroatoms. The van der Waals surface area contributed by atoms with Crippen molar-refractivity contribution in [2.45, 2.75) is 35.8 Å². The number of alkyl halides is 6. The van der Waals surface area contributed by atoms with Crippen LogP contribution in [-0.2, 0) is 39.7 Å². The number of hydrogen-bond donors (Lipinski definition) is 0. The van der Waals surface area contributed by atoms with Crippen LogP contribution in [0.5, 0.6) is 11.5 Å². The summed E-state index contributed by atoms with van der Waals surface area (Å²) in [5.41, 5.74) is -8.45. The molecule has 50 heavy (non-hydrogen) atoms. The second kappa shape index (κ2) is 15.6. The number of methoxy groups -OCH3 is 3. The Labute approximate surface area is 283 Å². The highest BCUT2D eigenvalue weighted by atomic mass is 19.4. The summed E-state index contributed by atoms with van der Waals surface area (Å²) in [6.45, 7) is -1.09. The topological polar surface area (TPSA) is 89.5 Å². The zero-order valence-electron chi connectivity index (χ0n) is 26.9. The van der Waals surface area contributed by atoms with E-state index in [-0.39, 0.29) is 17.1 Å². The highest BCUT2D eigenvalue weighted by Crippen LogP contribution is 2.46. The quantitative estimate of drug-likeness (QED) is 0.0986. The summed E-state index contributed by atoms with van der Waals surface area (Å²) < 4.78 is 120. The van der Waals surface area contributed by atoms with Crippen LogP contribution < -0.4 is 9.47 Å². The number of carbonyl (C=O) groups excluding carboxylic acids is 2. The molecule has 0 saturated heterocycles. The highest BCUT2D eigenvalue weighted by molar-refractivity contribution is 5.83. The Hall–Kier alpha value is -5.08. The standard InChI is InChI=1S/C36H32F6O8/c1-45-27-21-13-14-22-28(27)49-29(23-48-31(43)33(46-2,35(37,38)39)25-17-9-5-10-18-25)30(24-15-7-4-8-16-24)50-32(44)34(47-3,36(40,41)42)26-19-11-6-12-20-26/h4-22,29-30H,23H2,1-3H3/t29-,30+,33?,34?/m1/s1. The summed E-state index contributed by atoms with van der Waals surface area (Å²) in [6, 6.07) is 25.2. The molecule has 0 saturated carbocycles. The van der Waals surface area contributed by atoms with Crippen molar-refractivity contribution in [3.05, 3.63) is 132 Å². The molecule has 2 unspecified atom stereocenters. The molecule has 0 fully saturated rings. The van der Waals surface area contributed by atoms with Crippen LogP contribution >= 0.6 is 0 Å². The van der Waals surface area contributed by atoms with E-state index in [0.29, 0.717) is 14.2 Å². The van der Waals surface area contributed by atoms with E-state index in [1.54, 1.807) is 12.1 Å². The Balaban J connectivity index is 1.84. The van der Waals surface area contributed by atoms with Crippen molar-refractivity contribution in [2.24, 2.45) is 0 Å². The predicted molar refractivity (Wildman–Crippen MR) is 166 cm³/mol. The Kier molecular flexibility index (Phi) is 11.8. The maximum absolute atomic E-state index is 14.8. The van der Waals surface area contributed by atoms with E-state index >= 15 is 0 Å². The normalized spacial score (nSPS) is 15.5. The van der Waals surface area contributed by atoms with E-state index < -0.39 is 65.4 Å². The average Bonchev–Trinajstić information content (AvgIpc) is 3.10. The predicted octanol–water partition coefficient (Wildman–Crippen LogP) is 7.48. The van der Waals surface area contributed by atoms with E-state index in [0.717, 1.165) is 24.3 Å². The van der Waals surface area contributed by atoms with Crippen molar-refractivity contribution in [1.82, 2.24) is 0 Å². The number of benzene rings is 4. The molecule has 4 aromatic rings. The first-order valence-corrected chi connectivity index (χ1v) is 14.8. The third kappa shape index (κ3) is 7.41. The molecular weight excluding hydrogens is 674 g/mol. The fourth-order valence-electron chi connectivity index (χ4n) is 5.30. The van der Waals surface area contributed by atoms with Gasteiger partial charge in [0.15, 0.2) is 23.7 Å². The van der Waals surface area contributed by atoms with Crippen molar-refractivity contribution >= 4 is 11.9 Å². The number of hydrogen-bond acceptors (Lipinski definition) is 8. The maximum atomic E-state index is 14.8. The first kappa shape index (κ1) is 37.7. The number of esters is 2. The highest BCUT2D eigenvalue weighted by Gasteiger charge is 2.65. The monoisotopic (exact) mass is 706 g/mol. The minimum Gasteiger partial charge on any atom is -0.493 e. The van der Waals surface area contributed by atoms with Crippen molar-refractivity contribution in [3.63, 3.8) is 0 Å². The lowest BCUT2D eigenvalue weighted by atomic mass is 9.92. The summed E-state index contributed by atoms with van der Waals surface area (Å²) >= 11 is 0. The first-order chi connectivity index (χ1) is 23.8. The zero-order valence-corrected chi connectivity index (χ0v) is 26.9. The molecule has 0 heterocycles. The van der Waals surface area contributed by atoms with Crippen molar-refractivity contribution < 1.29 is 64.4 Å². The summed E-state index contributed by atoms with van der Waals surface area (Å²) in [5.74, 6) is -3.82. The van der Waals surface area contributed by atoms with E-state index in [2.05, 4.69) is 0 Å². The summed E-state index contributed by atoms with van der Waals surface area (Å²) in [5, 5.41) is 0. The van der Waals surface area contributed by atoms with Crippen LogP contribution in [0.15, 0.2) is 115 Å². The molecule has 0 amide bonds. The Morgan fingerprint density at radius 3 is 1.44 bits per heavy atom. The van der Waals surface area contributed by atoms with Gasteiger partial charge in [-0.3, -0.25) is 0 Å². The van der Waals surface area contributed by atoms with Gasteiger partial charge in [-0.2, -0.15) is 26.3 Å². The largest absolute Gasteiger partial charge is 0.493 e. The van der Waals surface area contributed by atoms with Gasteiger partial charge in [-0.15, -0.1) is 0 Å². The van der Waals surface area contributed by atoms with E-state index in [1.807, 2.05) is 0 Å². The number of rotatable bonds is 14. The second-order valence-corrected chi connectivity index (χ2v) is 10.6. The summed E-state index contributed by atoms with van der Waals surface area (Å²) in [4.78, 5) is 27.3. The molecule has 8 nitrogen and oxygen atoms in total. The van der Waals surface area contributed by atoms with Crippen LogP contribution in [0.3, 0.4) is 0 Å². The lowest BCUT2D eigenvalue weighted by Gasteiger charge is -2.36. The molecule has 0 N–H and O–H groups in total. The molecule has 0 aliphatic heterocycles. The molecule has 266 valence electrons. The maximum Gasteiger partial charge on any atom is 0.432 e. The van der Waals surface area contributed by atoms with Gasteiger partial charge in [-0.1, -0.05) is 103 Å². The molecule has 4 rings (SSSR count). The number of halogens is 6. The molecule has 0 radical (unpaired) electrons. The lowest BCUT2D eigenvalue weighted by Crippen LogP contribution is -2.53. The third-order valence-electron chi connectivity index (χ3n) is 7.77. The van der Waals surface area contributed by atoms with Gasteiger partial charge < -0.3 is 28.4 Å². The molecule has 0 aromatic heterocycles. The zero-order chi connectivity index (χ0) is 36.6.